The molecule has 0 radical (unpaired) electrons. The molecule has 3 aromatic rings. The summed E-state index contributed by atoms with van der Waals surface area (Å²) in [6.07, 6.45) is -2.03. The average molecular weight is 519 g/mol. The zero-order valence-corrected chi connectivity index (χ0v) is 19.9. The number of aliphatic hydroxyl groups is 2. The normalized spacial score (nSPS) is 30.8. The van der Waals surface area contributed by atoms with E-state index in [1.165, 1.54) is 10.8 Å². The van der Waals surface area contributed by atoms with Gasteiger partial charge in [0.1, 0.15) is 36.3 Å². The number of nitrogens with two attached hydrogens (primary N) is 1. The van der Waals surface area contributed by atoms with Crippen molar-refractivity contribution in [1.29, 1.82) is 5.41 Å². The molecular weight excluding hydrogens is 493 g/mol. The largest absolute Gasteiger partial charge is 0.475 e. The maximum absolute atomic E-state index is 13.2. The first kappa shape index (κ1) is 24.9. The summed E-state index contributed by atoms with van der Waals surface area (Å²) < 4.78 is 42.6. The molecule has 2 saturated heterocycles. The van der Waals surface area contributed by atoms with Crippen molar-refractivity contribution in [2.24, 2.45) is 0 Å². The molecule has 0 bridgehead atoms. The minimum Gasteiger partial charge on any atom is -0.394 e. The molecule has 0 amide bonds. The number of hydrogen-bond acceptors (Lipinski definition) is 12. The summed E-state index contributed by atoms with van der Waals surface area (Å²) in [5.74, 6) is 0.215. The van der Waals surface area contributed by atoms with Crippen LogP contribution in [-0.4, -0.2) is 75.3 Å². The lowest BCUT2D eigenvalue weighted by Crippen LogP contribution is -2.44. The van der Waals surface area contributed by atoms with E-state index < -0.39 is 37.8 Å². The molecule has 6 atom stereocenters. The van der Waals surface area contributed by atoms with Crippen LogP contribution in [0.15, 0.2) is 48.8 Å². The van der Waals surface area contributed by atoms with Crippen LogP contribution in [0.5, 0.6) is 0 Å². The van der Waals surface area contributed by atoms with E-state index in [0.29, 0.717) is 11.2 Å². The number of benzene rings is 1. The Labute approximate surface area is 205 Å². The third-order valence-electron chi connectivity index (χ3n) is 6.16. The van der Waals surface area contributed by atoms with Gasteiger partial charge in [-0.3, -0.25) is 13.6 Å². The van der Waals surface area contributed by atoms with Gasteiger partial charge in [-0.25, -0.2) is 14.1 Å². The highest BCUT2D eigenvalue weighted by atomic mass is 31.2. The van der Waals surface area contributed by atoms with E-state index in [1.54, 1.807) is 12.1 Å². The lowest BCUT2D eigenvalue weighted by Gasteiger charge is -2.31. The van der Waals surface area contributed by atoms with Crippen LogP contribution >= 0.6 is 7.82 Å². The molecule has 1 aromatic carbocycles. The Balaban J connectivity index is 1.29. The number of nitrogens with one attached hydrogen (secondary N) is 1. The van der Waals surface area contributed by atoms with E-state index >= 15 is 0 Å². The van der Waals surface area contributed by atoms with Gasteiger partial charge in [-0.15, -0.1) is 0 Å². The molecule has 36 heavy (non-hydrogen) atoms. The van der Waals surface area contributed by atoms with E-state index in [4.69, 9.17) is 34.2 Å². The van der Waals surface area contributed by atoms with Gasteiger partial charge in [0.15, 0.2) is 11.4 Å². The second-order valence-electron chi connectivity index (χ2n) is 8.41. The predicted octanol–water partition coefficient (Wildman–Crippen LogP) is 1.03. The molecule has 5 N–H and O–H groups in total. The zero-order chi connectivity index (χ0) is 25.3. The first-order chi connectivity index (χ1) is 17.4. The molecule has 2 aromatic heterocycles. The number of anilines is 1. The molecule has 2 fully saturated rings. The molecular formula is C22H26N5O8P. The quantitative estimate of drug-likeness (QED) is 0.234. The van der Waals surface area contributed by atoms with E-state index in [2.05, 4.69) is 10.1 Å². The zero-order valence-electron chi connectivity index (χ0n) is 19.0. The maximum atomic E-state index is 13.2. The second kappa shape index (κ2) is 9.96. The Hall–Kier alpha value is -2.74. The number of ether oxygens (including phenoxy) is 2. The minimum atomic E-state index is -4.14. The van der Waals surface area contributed by atoms with Gasteiger partial charge in [0.2, 0.25) is 0 Å². The molecule has 2 aliphatic heterocycles. The van der Waals surface area contributed by atoms with Crippen molar-refractivity contribution in [3.63, 3.8) is 0 Å². The minimum absolute atomic E-state index is 0.215. The number of rotatable bonds is 9. The summed E-state index contributed by atoms with van der Waals surface area (Å²) in [7, 11) is -4.14. The van der Waals surface area contributed by atoms with Gasteiger partial charge >= 0.3 is 7.82 Å². The Morgan fingerprint density at radius 3 is 2.89 bits per heavy atom. The maximum Gasteiger partial charge on any atom is 0.475 e. The van der Waals surface area contributed by atoms with Gasteiger partial charge in [0, 0.05) is 6.21 Å². The number of hydrogen-bond donors (Lipinski definition) is 4. The number of nitrogen functional groups attached to an aromatic ring is 1. The number of fused-ring (bicyclic) bond motifs is 2. The van der Waals surface area contributed by atoms with E-state index in [-0.39, 0.29) is 32.2 Å². The first-order valence-corrected chi connectivity index (χ1v) is 12.7. The number of nitrogens with zero attached hydrogens (tertiary/aromatic N) is 3. The summed E-state index contributed by atoms with van der Waals surface area (Å²) >= 11 is 0. The first-order valence-electron chi connectivity index (χ1n) is 11.2. The van der Waals surface area contributed by atoms with Crippen LogP contribution in [0.1, 0.15) is 11.3 Å². The summed E-state index contributed by atoms with van der Waals surface area (Å²) in [5, 5.41) is 33.1. The van der Waals surface area contributed by atoms with Crippen LogP contribution in [0, 0.1) is 5.41 Å². The summed E-state index contributed by atoms with van der Waals surface area (Å²) in [6.45, 7) is -0.651. The molecule has 14 heteroatoms. The topological polar surface area (TPSA) is 184 Å². The lowest BCUT2D eigenvalue weighted by molar-refractivity contribution is -0.0810. The molecule has 0 saturated carbocycles. The van der Waals surface area contributed by atoms with Crippen molar-refractivity contribution in [2.75, 3.05) is 25.6 Å². The van der Waals surface area contributed by atoms with E-state index in [0.717, 1.165) is 11.8 Å². The van der Waals surface area contributed by atoms with Gasteiger partial charge in [-0.1, -0.05) is 30.3 Å². The lowest BCUT2D eigenvalue weighted by atomic mass is 9.92. The van der Waals surface area contributed by atoms with Crippen molar-refractivity contribution in [3.8, 4) is 0 Å². The Morgan fingerprint density at radius 1 is 1.33 bits per heavy atom. The molecule has 2 aliphatic rings. The van der Waals surface area contributed by atoms with Crippen LogP contribution in [0.4, 0.5) is 5.82 Å². The molecule has 5 rings (SSSR count). The summed E-state index contributed by atoms with van der Waals surface area (Å²) in [4.78, 5) is 3.94. The van der Waals surface area contributed by atoms with Gasteiger partial charge in [-0.05, 0) is 17.7 Å². The molecule has 0 aliphatic carbocycles. The van der Waals surface area contributed by atoms with Crippen molar-refractivity contribution in [3.05, 3.63) is 60.0 Å². The Bertz CT molecular complexity index is 1280. The van der Waals surface area contributed by atoms with Crippen LogP contribution in [-0.2, 0) is 39.8 Å². The van der Waals surface area contributed by atoms with Crippen molar-refractivity contribution < 1.29 is 37.8 Å². The molecule has 0 spiro atoms. The monoisotopic (exact) mass is 519 g/mol. The van der Waals surface area contributed by atoms with Crippen LogP contribution < -0.4 is 5.73 Å². The molecule has 4 heterocycles. The summed E-state index contributed by atoms with van der Waals surface area (Å²) in [5.41, 5.74) is 5.92. The van der Waals surface area contributed by atoms with Crippen molar-refractivity contribution in [2.45, 2.75) is 36.6 Å². The standard InChI is InChI=1S/C22H26N5O8P/c23-12-22(18-7-6-16-21(24)25-13-26-27(16)18)20(29)19-17(34-22)11-33-36(30,35-19)32-10-15(8-28)31-9-14-4-2-1-3-5-14/h1-7,12-13,15,17,19-20,23,28-29H,8-11H2,(H2,24,25,26)/t15-,17-,19?,20?,22+,36?/m1/s1. The highest BCUT2D eigenvalue weighted by Crippen LogP contribution is 2.58. The Kier molecular flexibility index (Phi) is 6.90. The number of aromatic nitrogens is 3. The van der Waals surface area contributed by atoms with Gasteiger partial charge in [-0.2, -0.15) is 5.10 Å². The fourth-order valence-electron chi connectivity index (χ4n) is 4.27. The molecule has 3 unspecified atom stereocenters. The van der Waals surface area contributed by atoms with Gasteiger partial charge < -0.3 is 30.8 Å². The van der Waals surface area contributed by atoms with Crippen LogP contribution in [0.25, 0.3) is 5.52 Å². The SMILES string of the molecule is N=C[C@@]1(c2ccc3c(N)ncnn23)O[C@@H]2COP(=O)(OC[C@@H](CO)OCc3ccccc3)OC2C1O. The Morgan fingerprint density at radius 2 is 2.14 bits per heavy atom. The smallest absolute Gasteiger partial charge is 0.394 e. The van der Waals surface area contributed by atoms with Crippen LogP contribution in [0.3, 0.4) is 0 Å². The van der Waals surface area contributed by atoms with Gasteiger partial charge in [0.05, 0.1) is 32.1 Å². The van der Waals surface area contributed by atoms with Gasteiger partial charge in [0.25, 0.3) is 0 Å². The third-order valence-corrected chi connectivity index (χ3v) is 7.59. The van der Waals surface area contributed by atoms with Crippen molar-refractivity contribution in [1.82, 2.24) is 14.6 Å². The molecule has 13 nitrogen and oxygen atoms in total. The van der Waals surface area contributed by atoms with Crippen LogP contribution in [0.2, 0.25) is 0 Å². The fourth-order valence-corrected chi connectivity index (χ4v) is 5.69. The fraction of sp³-hybridized carbons (Fsp3) is 0.409. The highest BCUT2D eigenvalue weighted by molar-refractivity contribution is 7.48. The predicted molar refractivity (Wildman–Crippen MR) is 125 cm³/mol. The van der Waals surface area contributed by atoms with E-state index in [9.17, 15) is 14.8 Å². The third kappa shape index (κ3) is 4.44. The van der Waals surface area contributed by atoms with Crippen molar-refractivity contribution >= 4 is 25.4 Å². The number of phosphoric acid groups is 1. The molecule has 192 valence electrons. The summed E-state index contributed by atoms with van der Waals surface area (Å²) in [6, 6.07) is 12.6. The number of phosphoric ester groups is 1. The highest BCUT2D eigenvalue weighted by Gasteiger charge is 2.61. The second-order valence-corrected chi connectivity index (χ2v) is 10.0. The van der Waals surface area contributed by atoms with E-state index in [1.807, 2.05) is 30.3 Å². The number of aliphatic hydroxyl groups excluding tert-OH is 2. The average Bonchev–Trinajstić information content (AvgIpc) is 3.45.